The molecule has 1 aromatic carbocycles. The van der Waals surface area contributed by atoms with Crippen molar-refractivity contribution in [2.75, 3.05) is 5.75 Å². The molecule has 2 aliphatic rings. The zero-order chi connectivity index (χ0) is 15.0. The van der Waals surface area contributed by atoms with E-state index in [0.29, 0.717) is 5.75 Å². The van der Waals surface area contributed by atoms with Crippen LogP contribution in [0.4, 0.5) is 0 Å². The molecule has 1 aromatic rings. The van der Waals surface area contributed by atoms with Gasteiger partial charge in [0.1, 0.15) is 0 Å². The van der Waals surface area contributed by atoms with Crippen LogP contribution in [0.1, 0.15) is 28.1 Å². The Bertz CT molecular complexity index is 563. The Morgan fingerprint density at radius 3 is 2.67 bits per heavy atom. The Kier molecular flexibility index (Phi) is 3.88. The molecule has 6 nitrogen and oxygen atoms in total. The van der Waals surface area contributed by atoms with Crippen LogP contribution in [0.25, 0.3) is 0 Å². The first-order chi connectivity index (χ1) is 10.1. The number of nitrogens with one attached hydrogen (secondary N) is 3. The van der Waals surface area contributed by atoms with E-state index in [1.165, 1.54) is 0 Å². The van der Waals surface area contributed by atoms with Gasteiger partial charge in [-0.15, -0.1) is 11.8 Å². The number of benzene rings is 1. The van der Waals surface area contributed by atoms with Gasteiger partial charge in [0.15, 0.2) is 0 Å². The summed E-state index contributed by atoms with van der Waals surface area (Å²) in [6, 6.07) is 7.14. The van der Waals surface area contributed by atoms with Gasteiger partial charge < -0.3 is 10.4 Å². The van der Waals surface area contributed by atoms with E-state index in [1.807, 2.05) is 12.1 Å². The summed E-state index contributed by atoms with van der Waals surface area (Å²) >= 11 is 1.60. The number of carboxylic acids is 1. The first-order valence-electron chi connectivity index (χ1n) is 6.81. The van der Waals surface area contributed by atoms with Crippen LogP contribution in [0, 0.1) is 5.92 Å². The van der Waals surface area contributed by atoms with E-state index in [1.54, 1.807) is 23.9 Å². The molecular formula is C14H17N3O3S. The van der Waals surface area contributed by atoms with Crippen LogP contribution in [-0.2, 0) is 4.79 Å². The Morgan fingerprint density at radius 2 is 2.00 bits per heavy atom. The molecule has 2 fully saturated rings. The number of thioether (sulfide) groups is 1. The van der Waals surface area contributed by atoms with E-state index < -0.39 is 5.97 Å². The Hall–Kier alpha value is -1.57. The van der Waals surface area contributed by atoms with Crippen molar-refractivity contribution in [2.45, 2.75) is 24.4 Å². The summed E-state index contributed by atoms with van der Waals surface area (Å²) in [5.74, 6) is -0.297. The third kappa shape index (κ3) is 2.76. The van der Waals surface area contributed by atoms with E-state index in [9.17, 15) is 9.59 Å². The van der Waals surface area contributed by atoms with Gasteiger partial charge in [0.25, 0.3) is 0 Å². The van der Waals surface area contributed by atoms with Gasteiger partial charge in [0.05, 0.1) is 17.5 Å². The van der Waals surface area contributed by atoms with Crippen molar-refractivity contribution in [3.63, 3.8) is 0 Å². The lowest BCUT2D eigenvalue weighted by molar-refractivity contribution is -0.119. The number of hydrazine groups is 1. The molecular weight excluding hydrogens is 290 g/mol. The smallest absolute Gasteiger partial charge is 0.335 e. The largest absolute Gasteiger partial charge is 0.478 e. The van der Waals surface area contributed by atoms with Crippen molar-refractivity contribution >= 4 is 23.6 Å². The van der Waals surface area contributed by atoms with Crippen LogP contribution in [0.15, 0.2) is 24.3 Å². The van der Waals surface area contributed by atoms with Crippen molar-refractivity contribution in [3.05, 3.63) is 35.4 Å². The molecule has 4 unspecified atom stereocenters. The molecule has 3 rings (SSSR count). The van der Waals surface area contributed by atoms with Gasteiger partial charge >= 0.3 is 5.97 Å². The minimum atomic E-state index is -0.928. The molecule has 0 aliphatic carbocycles. The lowest BCUT2D eigenvalue weighted by atomic mass is 9.91. The topological polar surface area (TPSA) is 90.5 Å². The highest BCUT2D eigenvalue weighted by molar-refractivity contribution is 8.00. The van der Waals surface area contributed by atoms with Crippen molar-refractivity contribution in [1.82, 2.24) is 16.2 Å². The molecule has 2 heterocycles. The van der Waals surface area contributed by atoms with Crippen LogP contribution in [0.2, 0.25) is 0 Å². The van der Waals surface area contributed by atoms with Crippen molar-refractivity contribution < 1.29 is 14.7 Å². The zero-order valence-corrected chi connectivity index (χ0v) is 12.3. The molecule has 0 aromatic heterocycles. The fraction of sp³-hybridized carbons (Fsp3) is 0.429. The van der Waals surface area contributed by atoms with Gasteiger partial charge in [-0.25, -0.2) is 10.2 Å². The maximum atomic E-state index is 11.8. The van der Waals surface area contributed by atoms with Gasteiger partial charge in [-0.3, -0.25) is 10.2 Å². The normalized spacial score (nSPS) is 32.1. The van der Waals surface area contributed by atoms with E-state index in [4.69, 9.17) is 5.11 Å². The number of carbonyl (C=O) groups is 2. The number of hydrogen-bond acceptors (Lipinski definition) is 5. The number of aromatic carboxylic acids is 1. The summed E-state index contributed by atoms with van der Waals surface area (Å²) in [5, 5.41) is 12.1. The highest BCUT2D eigenvalue weighted by atomic mass is 32.2. The molecule has 4 N–H and O–H groups in total. The van der Waals surface area contributed by atoms with Crippen molar-refractivity contribution in [2.24, 2.45) is 5.92 Å². The van der Waals surface area contributed by atoms with E-state index in [-0.39, 0.29) is 34.8 Å². The number of carboxylic acid groups (broad SMARTS) is 1. The molecule has 112 valence electrons. The summed E-state index contributed by atoms with van der Waals surface area (Å²) in [5.41, 5.74) is 7.61. The number of hydrogen-bond donors (Lipinski definition) is 4. The molecule has 1 amide bonds. The van der Waals surface area contributed by atoms with Crippen LogP contribution in [0.3, 0.4) is 0 Å². The maximum Gasteiger partial charge on any atom is 0.335 e. The average molecular weight is 307 g/mol. The van der Waals surface area contributed by atoms with Crippen LogP contribution in [0.5, 0.6) is 0 Å². The number of rotatable bonds is 2. The average Bonchev–Trinajstić information content (AvgIpc) is 2.72. The molecule has 0 spiro atoms. The fourth-order valence-electron chi connectivity index (χ4n) is 2.90. The molecule has 4 atom stereocenters. The number of carbonyl (C=O) groups excluding carboxylic acids is 1. The van der Waals surface area contributed by atoms with E-state index in [2.05, 4.69) is 23.1 Å². The second-order valence-electron chi connectivity index (χ2n) is 5.36. The lowest BCUT2D eigenvalue weighted by Gasteiger charge is -2.27. The van der Waals surface area contributed by atoms with Gasteiger partial charge in [0.2, 0.25) is 5.91 Å². The second kappa shape index (κ2) is 5.67. The standard InChI is InChI=1S/C14H17N3O3S/c1-7-11-12(8-2-4-9(5-3-8)14(19)20)21-6-10(18)15-13(11)17-16-7/h2-5,7,11-13,16-17H,6H2,1H3,(H,15,18)(H,19,20). The zero-order valence-electron chi connectivity index (χ0n) is 11.5. The van der Waals surface area contributed by atoms with E-state index in [0.717, 1.165) is 5.56 Å². The lowest BCUT2D eigenvalue weighted by Crippen LogP contribution is -2.46. The number of amides is 1. The molecule has 2 aliphatic heterocycles. The predicted octanol–water partition coefficient (Wildman–Crippen LogP) is 0.728. The Labute approximate surface area is 126 Å². The van der Waals surface area contributed by atoms with Gasteiger partial charge in [-0.2, -0.15) is 0 Å². The Balaban J connectivity index is 1.90. The second-order valence-corrected chi connectivity index (χ2v) is 6.49. The molecule has 0 bridgehead atoms. The monoisotopic (exact) mass is 307 g/mol. The predicted molar refractivity (Wildman–Crippen MR) is 79.8 cm³/mol. The summed E-state index contributed by atoms with van der Waals surface area (Å²) in [6.07, 6.45) is -0.105. The first kappa shape index (κ1) is 14.4. The SMILES string of the molecule is CC1NNC2NC(=O)CSC(c3ccc(C(=O)O)cc3)C12. The van der Waals surface area contributed by atoms with Crippen LogP contribution < -0.4 is 16.2 Å². The summed E-state index contributed by atoms with van der Waals surface area (Å²) in [7, 11) is 0. The number of fused-ring (bicyclic) bond motifs is 1. The van der Waals surface area contributed by atoms with Gasteiger partial charge in [0, 0.05) is 17.2 Å². The van der Waals surface area contributed by atoms with Crippen LogP contribution >= 0.6 is 11.8 Å². The third-order valence-corrected chi connectivity index (χ3v) is 5.35. The quantitative estimate of drug-likeness (QED) is 0.644. The van der Waals surface area contributed by atoms with Crippen molar-refractivity contribution in [3.8, 4) is 0 Å². The molecule has 2 saturated heterocycles. The Morgan fingerprint density at radius 1 is 1.29 bits per heavy atom. The summed E-state index contributed by atoms with van der Waals surface area (Å²) < 4.78 is 0. The minimum absolute atomic E-state index is 0.0167. The first-order valence-corrected chi connectivity index (χ1v) is 7.86. The van der Waals surface area contributed by atoms with Gasteiger partial charge in [-0.1, -0.05) is 12.1 Å². The highest BCUT2D eigenvalue weighted by Gasteiger charge is 2.42. The third-order valence-electron chi connectivity index (χ3n) is 3.97. The molecule has 7 heteroatoms. The molecule has 21 heavy (non-hydrogen) atoms. The summed E-state index contributed by atoms with van der Waals surface area (Å²) in [6.45, 7) is 2.08. The fourth-order valence-corrected chi connectivity index (χ4v) is 4.28. The highest BCUT2D eigenvalue weighted by Crippen LogP contribution is 2.41. The summed E-state index contributed by atoms with van der Waals surface area (Å²) in [4.78, 5) is 22.7. The van der Waals surface area contributed by atoms with Gasteiger partial charge in [-0.05, 0) is 24.6 Å². The van der Waals surface area contributed by atoms with Crippen molar-refractivity contribution in [1.29, 1.82) is 0 Å². The van der Waals surface area contributed by atoms with E-state index >= 15 is 0 Å². The van der Waals surface area contributed by atoms with Crippen LogP contribution in [-0.4, -0.2) is 34.9 Å². The minimum Gasteiger partial charge on any atom is -0.478 e. The molecule has 0 radical (unpaired) electrons. The maximum absolute atomic E-state index is 11.8. The molecule has 0 saturated carbocycles.